The van der Waals surface area contributed by atoms with Crippen LogP contribution in [-0.4, -0.2) is 57.0 Å². The second kappa shape index (κ2) is 7.15. The Morgan fingerprint density at radius 1 is 1.17 bits per heavy atom. The maximum Gasteiger partial charge on any atom is 0.256 e. The molecule has 1 aliphatic carbocycles. The molecular formula is C22H25N5O2. The van der Waals surface area contributed by atoms with Gasteiger partial charge in [-0.3, -0.25) is 4.79 Å². The highest BCUT2D eigenvalue weighted by Crippen LogP contribution is 2.42. The van der Waals surface area contributed by atoms with Crippen molar-refractivity contribution in [2.45, 2.75) is 25.0 Å². The van der Waals surface area contributed by atoms with Crippen LogP contribution in [0, 0.1) is 11.8 Å². The van der Waals surface area contributed by atoms with Crippen LogP contribution in [-0.2, 0) is 4.79 Å². The molecule has 29 heavy (non-hydrogen) atoms. The number of benzene rings is 1. The molecular weight excluding hydrogens is 366 g/mol. The zero-order valence-corrected chi connectivity index (χ0v) is 16.4. The van der Waals surface area contributed by atoms with Crippen molar-refractivity contribution >= 4 is 22.8 Å². The van der Waals surface area contributed by atoms with Crippen molar-refractivity contribution in [1.29, 1.82) is 0 Å². The maximum absolute atomic E-state index is 12.8. The monoisotopic (exact) mass is 391 g/mol. The Labute approximate surface area is 169 Å². The summed E-state index contributed by atoms with van der Waals surface area (Å²) in [6, 6.07) is 11.6. The topological polar surface area (TPSA) is 85.4 Å². The van der Waals surface area contributed by atoms with Crippen LogP contribution in [0.3, 0.4) is 0 Å². The molecule has 2 N–H and O–H groups in total. The third kappa shape index (κ3) is 3.15. The van der Waals surface area contributed by atoms with Crippen molar-refractivity contribution in [2.24, 2.45) is 11.8 Å². The lowest BCUT2D eigenvalue weighted by Gasteiger charge is -2.28. The average molecular weight is 391 g/mol. The Kier molecular flexibility index (Phi) is 4.47. The van der Waals surface area contributed by atoms with Crippen molar-refractivity contribution in [2.75, 3.05) is 25.0 Å². The van der Waals surface area contributed by atoms with Gasteiger partial charge in [0.05, 0.1) is 5.39 Å². The molecule has 150 valence electrons. The molecule has 2 fully saturated rings. The molecule has 1 aromatic carbocycles. The van der Waals surface area contributed by atoms with Crippen LogP contribution < -0.4 is 4.90 Å². The van der Waals surface area contributed by atoms with E-state index in [1.807, 2.05) is 35.4 Å². The number of H-pyrrole nitrogens is 1. The molecule has 1 saturated heterocycles. The number of aliphatic hydroxyl groups is 1. The number of aromatic amines is 1. The Balaban J connectivity index is 1.25. The molecule has 2 aliphatic rings. The number of nitrogens with zero attached hydrogens (tertiary/aromatic N) is 4. The third-order valence-electron chi connectivity index (χ3n) is 6.60. The fraction of sp³-hybridized carbons (Fsp3) is 0.409. The summed E-state index contributed by atoms with van der Waals surface area (Å²) < 4.78 is 0. The van der Waals surface area contributed by atoms with Crippen LogP contribution in [0.5, 0.6) is 0 Å². The van der Waals surface area contributed by atoms with Gasteiger partial charge in [0.2, 0.25) is 0 Å². The van der Waals surface area contributed by atoms with Crippen molar-refractivity contribution in [1.82, 2.24) is 19.9 Å². The standard InChI is InChI=1S/C22H25N5O2/c1-26(21-18-7-8-23-20(18)24-13-25-21)17-9-15-11-27(12-16(15)10-17)22(29)19(28)14-5-3-2-4-6-14/h2-8,13,15-17,19,28H,9-12H2,1H3,(H,23,24,25). The van der Waals surface area contributed by atoms with Gasteiger partial charge in [0.15, 0.2) is 6.10 Å². The van der Waals surface area contributed by atoms with E-state index in [0.717, 1.165) is 42.8 Å². The first-order valence-electron chi connectivity index (χ1n) is 10.1. The molecule has 3 unspecified atom stereocenters. The molecule has 3 aromatic rings. The lowest BCUT2D eigenvalue weighted by Crippen LogP contribution is -2.36. The molecule has 1 saturated carbocycles. The molecule has 5 rings (SSSR count). The minimum Gasteiger partial charge on any atom is -0.378 e. The summed E-state index contributed by atoms with van der Waals surface area (Å²) in [6.07, 6.45) is 4.48. The number of rotatable bonds is 4. The number of aromatic nitrogens is 3. The highest BCUT2D eigenvalue weighted by molar-refractivity contribution is 5.87. The molecule has 3 heterocycles. The molecule has 0 bridgehead atoms. The van der Waals surface area contributed by atoms with Crippen molar-refractivity contribution in [3.8, 4) is 0 Å². The van der Waals surface area contributed by atoms with Gasteiger partial charge < -0.3 is 19.9 Å². The minimum absolute atomic E-state index is 0.180. The highest BCUT2D eigenvalue weighted by atomic mass is 16.3. The summed E-state index contributed by atoms with van der Waals surface area (Å²) >= 11 is 0. The lowest BCUT2D eigenvalue weighted by molar-refractivity contribution is -0.139. The van der Waals surface area contributed by atoms with E-state index < -0.39 is 6.10 Å². The van der Waals surface area contributed by atoms with E-state index >= 15 is 0 Å². The number of nitrogens with one attached hydrogen (secondary N) is 1. The predicted molar refractivity (Wildman–Crippen MR) is 110 cm³/mol. The number of fused-ring (bicyclic) bond motifs is 2. The van der Waals surface area contributed by atoms with Crippen LogP contribution in [0.1, 0.15) is 24.5 Å². The van der Waals surface area contributed by atoms with E-state index in [9.17, 15) is 9.90 Å². The van der Waals surface area contributed by atoms with Gasteiger partial charge in [0, 0.05) is 32.4 Å². The first kappa shape index (κ1) is 18.1. The highest BCUT2D eigenvalue weighted by Gasteiger charge is 2.44. The van der Waals surface area contributed by atoms with Gasteiger partial charge in [-0.05, 0) is 36.3 Å². The molecule has 0 spiro atoms. The van der Waals surface area contributed by atoms with E-state index in [4.69, 9.17) is 0 Å². The third-order valence-corrected chi connectivity index (χ3v) is 6.60. The molecule has 7 nitrogen and oxygen atoms in total. The van der Waals surface area contributed by atoms with Crippen molar-refractivity contribution < 1.29 is 9.90 Å². The van der Waals surface area contributed by atoms with Crippen LogP contribution in [0.15, 0.2) is 48.9 Å². The van der Waals surface area contributed by atoms with Gasteiger partial charge in [-0.2, -0.15) is 0 Å². The Morgan fingerprint density at radius 2 is 1.90 bits per heavy atom. The minimum atomic E-state index is -1.07. The van der Waals surface area contributed by atoms with Crippen molar-refractivity contribution in [3.63, 3.8) is 0 Å². The molecule has 1 amide bonds. The Bertz CT molecular complexity index is 1010. The van der Waals surface area contributed by atoms with E-state index in [1.165, 1.54) is 0 Å². The summed E-state index contributed by atoms with van der Waals surface area (Å²) in [5.41, 5.74) is 1.51. The fourth-order valence-corrected chi connectivity index (χ4v) is 5.03. The smallest absolute Gasteiger partial charge is 0.256 e. The van der Waals surface area contributed by atoms with Crippen LogP contribution >= 0.6 is 0 Å². The van der Waals surface area contributed by atoms with Crippen LogP contribution in [0.2, 0.25) is 0 Å². The molecule has 3 atom stereocenters. The lowest BCUT2D eigenvalue weighted by atomic mass is 10.0. The summed E-state index contributed by atoms with van der Waals surface area (Å²) in [5, 5.41) is 11.5. The first-order valence-corrected chi connectivity index (χ1v) is 10.1. The van der Waals surface area contributed by atoms with Gasteiger partial charge >= 0.3 is 0 Å². The fourth-order valence-electron chi connectivity index (χ4n) is 5.03. The Hall–Kier alpha value is -2.93. The summed E-state index contributed by atoms with van der Waals surface area (Å²) in [7, 11) is 2.10. The number of anilines is 1. The number of hydrogen-bond acceptors (Lipinski definition) is 5. The number of aliphatic hydroxyl groups excluding tert-OH is 1. The quantitative estimate of drug-likeness (QED) is 0.713. The van der Waals surface area contributed by atoms with E-state index in [2.05, 4.69) is 26.9 Å². The zero-order valence-electron chi connectivity index (χ0n) is 16.4. The number of hydrogen-bond donors (Lipinski definition) is 2. The molecule has 7 heteroatoms. The van der Waals surface area contributed by atoms with Gasteiger partial charge in [-0.15, -0.1) is 0 Å². The van der Waals surface area contributed by atoms with Gasteiger partial charge in [0.25, 0.3) is 5.91 Å². The van der Waals surface area contributed by atoms with Gasteiger partial charge in [-0.1, -0.05) is 30.3 Å². The average Bonchev–Trinajstić information content (AvgIpc) is 3.47. The summed E-state index contributed by atoms with van der Waals surface area (Å²) in [4.78, 5) is 28.8. The molecule has 2 aromatic heterocycles. The maximum atomic E-state index is 12.8. The zero-order chi connectivity index (χ0) is 20.0. The normalized spacial score (nSPS) is 24.6. The second-order valence-corrected chi connectivity index (χ2v) is 8.25. The van der Waals surface area contributed by atoms with E-state index in [1.54, 1.807) is 18.5 Å². The molecule has 0 radical (unpaired) electrons. The number of carbonyl (C=O) groups excluding carboxylic acids is 1. The molecule has 1 aliphatic heterocycles. The van der Waals surface area contributed by atoms with Gasteiger partial charge in [0.1, 0.15) is 17.8 Å². The first-order chi connectivity index (χ1) is 14.1. The number of likely N-dealkylation sites (tertiary alicyclic amines) is 1. The van der Waals surface area contributed by atoms with E-state index in [-0.39, 0.29) is 5.91 Å². The Morgan fingerprint density at radius 3 is 2.62 bits per heavy atom. The predicted octanol–water partition coefficient (Wildman–Crippen LogP) is 2.36. The number of carbonyl (C=O) groups is 1. The van der Waals surface area contributed by atoms with Gasteiger partial charge in [-0.25, -0.2) is 9.97 Å². The van der Waals surface area contributed by atoms with Crippen LogP contribution in [0.4, 0.5) is 5.82 Å². The second-order valence-electron chi connectivity index (χ2n) is 8.25. The summed E-state index contributed by atoms with van der Waals surface area (Å²) in [5.74, 6) is 1.71. The number of amides is 1. The SMILES string of the molecule is CN(c1ncnc2[nH]ccc12)C1CC2CN(C(=O)C(O)c3ccccc3)CC2C1. The van der Waals surface area contributed by atoms with Crippen molar-refractivity contribution in [3.05, 3.63) is 54.5 Å². The van der Waals surface area contributed by atoms with Crippen LogP contribution in [0.25, 0.3) is 11.0 Å². The summed E-state index contributed by atoms with van der Waals surface area (Å²) in [6.45, 7) is 1.45. The van der Waals surface area contributed by atoms with E-state index in [0.29, 0.717) is 23.4 Å². The largest absolute Gasteiger partial charge is 0.378 e.